The summed E-state index contributed by atoms with van der Waals surface area (Å²) in [5.41, 5.74) is 1.93. The Kier molecular flexibility index (Phi) is 15.9. The molecule has 0 aliphatic carbocycles. The number of fused-ring (bicyclic) bond motifs is 8. The van der Waals surface area contributed by atoms with E-state index in [4.69, 9.17) is 40.0 Å². The average molecular weight is 1070 g/mol. The van der Waals surface area contributed by atoms with Gasteiger partial charge in [0.1, 0.15) is 58.5 Å². The molecule has 8 bridgehead atoms. The van der Waals surface area contributed by atoms with Crippen molar-refractivity contribution in [3.8, 4) is 39.9 Å². The van der Waals surface area contributed by atoms with Crippen LogP contribution in [0.3, 0.4) is 0 Å². The number of amides is 4. The van der Waals surface area contributed by atoms with Gasteiger partial charge in [-0.25, -0.2) is 4.79 Å². The van der Waals surface area contributed by atoms with E-state index in [1.165, 1.54) is 45.6 Å². The van der Waals surface area contributed by atoms with E-state index in [2.05, 4.69) is 47.5 Å². The van der Waals surface area contributed by atoms with Crippen molar-refractivity contribution in [2.24, 2.45) is 10.3 Å². The van der Waals surface area contributed by atoms with Crippen LogP contribution in [0.2, 0.25) is 5.02 Å². The van der Waals surface area contributed by atoms with Crippen molar-refractivity contribution in [3.63, 3.8) is 0 Å². The number of hydrogen-bond donors (Lipinski definition) is 5. The highest BCUT2D eigenvalue weighted by Gasteiger charge is 2.39. The lowest BCUT2D eigenvalue weighted by molar-refractivity contribution is -0.135. The third-order valence-corrected chi connectivity index (χ3v) is 13.0. The molecule has 5 N–H and O–H groups in total. The second-order valence-electron chi connectivity index (χ2n) is 18.3. The first-order chi connectivity index (χ1) is 34.5. The molecular weight excluding hydrogens is 1010 g/mol. The molecule has 0 aromatic heterocycles. The van der Waals surface area contributed by atoms with Crippen LogP contribution >= 0.6 is 27.5 Å². The summed E-state index contributed by atoms with van der Waals surface area (Å²) >= 11 is 10.6. The summed E-state index contributed by atoms with van der Waals surface area (Å²) in [6, 6.07) is 19.3. The fourth-order valence-corrected chi connectivity index (χ4v) is 9.36. The van der Waals surface area contributed by atoms with Crippen LogP contribution < -0.4 is 40.2 Å². The summed E-state index contributed by atoms with van der Waals surface area (Å²) in [4.78, 5) is 59.1. The standard InChI is InChI=1S/C52H55BrClN7O11/c1-52(2,3)72-51(66)58-44-31-21-35(53)45(59-60-61-18-10-11-19-61)41(23-31)71-39-17-15-30(22-36(39)54)47(62)46-50(65)55-37(27-70-26-28-12-8-7-9-13-28)33-24-32(67-4)25-40(69-6)42(33)34-20-29(14-16-38(34)68-5)43(48(63)57-46)56-49(44)64/h7-9,12-17,20-25,37,43-44,46-47,62H,10-11,18-19,26-27H2,1-6H3,(H,55,65)(H,56,64)(H,57,63)(H,58,66)/t37-,43+,44-,46+,47-/m1/s1. The summed E-state index contributed by atoms with van der Waals surface area (Å²) < 4.78 is 36.4. The average Bonchev–Trinajstić information content (AvgIpc) is 3.88. The van der Waals surface area contributed by atoms with Gasteiger partial charge in [0.05, 0.1) is 45.6 Å². The topological polar surface area (TPSA) is 220 Å². The zero-order chi connectivity index (χ0) is 51.3. The SMILES string of the molecule is COc1cc(OC)c2c(c1)[C@@H](COCc1ccccc1)NC(=O)[C@H]1NC(=O)[C@@H](NC(=O)[C@H](NC(=O)OC(C)(C)C)c3cc(Br)c(N=NN4CCCC4)c(c3)Oc3ccc(cc3Cl)[C@H]1O)c1ccc(OC)c-2c1. The third-order valence-electron chi connectivity index (χ3n) is 12.1. The monoisotopic (exact) mass is 1070 g/mol. The largest absolute Gasteiger partial charge is 0.497 e. The smallest absolute Gasteiger partial charge is 0.408 e. The fourth-order valence-electron chi connectivity index (χ4n) is 8.60. The van der Waals surface area contributed by atoms with Gasteiger partial charge >= 0.3 is 6.09 Å². The zero-order valence-electron chi connectivity index (χ0n) is 40.4. The molecule has 5 aromatic carbocycles. The molecule has 0 spiro atoms. The summed E-state index contributed by atoms with van der Waals surface area (Å²) in [5, 5.41) is 34.5. The number of alkyl carbamates (subject to hydrolysis) is 1. The quantitative estimate of drug-likeness (QED) is 0.0828. The maximum Gasteiger partial charge on any atom is 0.408 e. The molecule has 0 unspecified atom stereocenters. The number of nitrogens with zero attached hydrogens (tertiary/aromatic N) is 3. The maximum atomic E-state index is 15.2. The van der Waals surface area contributed by atoms with Gasteiger partial charge in [-0.3, -0.25) is 19.4 Å². The highest BCUT2D eigenvalue weighted by Crippen LogP contribution is 2.46. The van der Waals surface area contributed by atoms with E-state index in [9.17, 15) is 9.90 Å². The normalized spacial score (nSPS) is 20.0. The van der Waals surface area contributed by atoms with Crippen LogP contribution in [0, 0.1) is 0 Å². The molecule has 4 amide bonds. The van der Waals surface area contributed by atoms with Crippen molar-refractivity contribution in [1.29, 1.82) is 0 Å². The first-order valence-corrected chi connectivity index (χ1v) is 24.3. The molecule has 18 nitrogen and oxygen atoms in total. The Bertz CT molecular complexity index is 2880. The number of carbonyl (C=O) groups excluding carboxylic acids is 4. The second kappa shape index (κ2) is 22.2. The number of carbonyl (C=O) groups is 4. The van der Waals surface area contributed by atoms with Crippen LogP contribution in [0.15, 0.2) is 106 Å². The fraction of sp³-hybridized carbons (Fsp3) is 0.346. The molecule has 0 radical (unpaired) electrons. The Balaban J connectivity index is 1.35. The number of benzene rings is 5. The van der Waals surface area contributed by atoms with Crippen LogP contribution in [0.5, 0.6) is 28.7 Å². The zero-order valence-corrected chi connectivity index (χ0v) is 42.8. The summed E-state index contributed by atoms with van der Waals surface area (Å²) in [6.07, 6.45) is -0.816. The predicted molar refractivity (Wildman–Crippen MR) is 269 cm³/mol. The Hall–Kier alpha value is -6.93. The minimum absolute atomic E-state index is 0.00704. The molecule has 0 saturated carbocycles. The van der Waals surface area contributed by atoms with Crippen LogP contribution in [0.25, 0.3) is 11.1 Å². The van der Waals surface area contributed by atoms with E-state index in [0.29, 0.717) is 51.5 Å². The summed E-state index contributed by atoms with van der Waals surface area (Å²) in [6.45, 7) is 6.48. The number of ether oxygens (including phenoxy) is 6. The van der Waals surface area contributed by atoms with E-state index in [1.807, 2.05) is 35.3 Å². The number of nitrogens with one attached hydrogen (secondary N) is 4. The lowest BCUT2D eigenvalue weighted by Crippen LogP contribution is -2.54. The maximum absolute atomic E-state index is 15.2. The number of rotatable bonds is 10. The molecule has 4 aliphatic rings. The Morgan fingerprint density at radius 1 is 0.833 bits per heavy atom. The molecule has 1 fully saturated rings. The molecule has 72 heavy (non-hydrogen) atoms. The summed E-state index contributed by atoms with van der Waals surface area (Å²) in [7, 11) is 4.45. The van der Waals surface area contributed by atoms with Crippen molar-refractivity contribution in [2.45, 2.75) is 76.1 Å². The van der Waals surface area contributed by atoms with Gasteiger partial charge in [-0.1, -0.05) is 59.3 Å². The first-order valence-electron chi connectivity index (χ1n) is 23.2. The van der Waals surface area contributed by atoms with Crippen LogP contribution in [-0.4, -0.2) is 86.6 Å². The van der Waals surface area contributed by atoms with Crippen molar-refractivity contribution < 1.29 is 52.7 Å². The van der Waals surface area contributed by atoms with Gasteiger partial charge in [0.2, 0.25) is 17.7 Å². The molecule has 5 aromatic rings. The predicted octanol–water partition coefficient (Wildman–Crippen LogP) is 9.02. The minimum Gasteiger partial charge on any atom is -0.497 e. The van der Waals surface area contributed by atoms with Gasteiger partial charge in [0.15, 0.2) is 5.75 Å². The van der Waals surface area contributed by atoms with E-state index < -0.39 is 59.7 Å². The van der Waals surface area contributed by atoms with Crippen molar-refractivity contribution in [2.75, 3.05) is 41.0 Å². The lowest BCUT2D eigenvalue weighted by Gasteiger charge is -2.32. The number of aliphatic hydroxyl groups is 1. The number of methoxy groups -OCH3 is 3. The lowest BCUT2D eigenvalue weighted by atomic mass is 9.89. The molecule has 9 rings (SSSR count). The molecule has 1 saturated heterocycles. The second-order valence-corrected chi connectivity index (χ2v) is 19.5. The molecular formula is C52H55BrClN7O11. The van der Waals surface area contributed by atoms with Gasteiger partial charge in [-0.05, 0) is 120 Å². The number of hydrogen-bond acceptors (Lipinski definition) is 13. The van der Waals surface area contributed by atoms with E-state index in [-0.39, 0.29) is 52.1 Å². The highest BCUT2D eigenvalue weighted by molar-refractivity contribution is 9.10. The van der Waals surface area contributed by atoms with E-state index in [0.717, 1.165) is 18.4 Å². The van der Waals surface area contributed by atoms with Crippen LogP contribution in [-0.2, 0) is 30.5 Å². The Morgan fingerprint density at radius 2 is 1.57 bits per heavy atom. The molecule has 378 valence electrons. The summed E-state index contributed by atoms with van der Waals surface area (Å²) in [5.74, 6) is -1.44. The molecule has 5 atom stereocenters. The van der Waals surface area contributed by atoms with Crippen LogP contribution in [0.1, 0.15) is 85.7 Å². The molecule has 20 heteroatoms. The third kappa shape index (κ3) is 11.7. The van der Waals surface area contributed by atoms with Crippen molar-refractivity contribution in [1.82, 2.24) is 26.3 Å². The van der Waals surface area contributed by atoms with Gasteiger partial charge < -0.3 is 54.8 Å². The minimum atomic E-state index is -1.76. The molecule has 4 heterocycles. The van der Waals surface area contributed by atoms with Gasteiger partial charge in [0, 0.05) is 34.8 Å². The highest BCUT2D eigenvalue weighted by atomic mass is 79.9. The number of aliphatic hydroxyl groups excluding tert-OH is 1. The first kappa shape index (κ1) is 51.4. The van der Waals surface area contributed by atoms with E-state index >= 15 is 14.4 Å². The van der Waals surface area contributed by atoms with Gasteiger partial charge in [-0.2, -0.15) is 0 Å². The number of halogens is 2. The Morgan fingerprint density at radius 3 is 2.26 bits per heavy atom. The Labute approximate surface area is 429 Å². The van der Waals surface area contributed by atoms with Crippen molar-refractivity contribution >= 4 is 57.0 Å². The van der Waals surface area contributed by atoms with E-state index in [1.54, 1.807) is 57.2 Å². The van der Waals surface area contributed by atoms with Crippen LogP contribution in [0.4, 0.5) is 10.5 Å². The van der Waals surface area contributed by atoms with Gasteiger partial charge in [0.25, 0.3) is 0 Å². The molecule has 4 aliphatic heterocycles. The van der Waals surface area contributed by atoms with Crippen molar-refractivity contribution in [3.05, 3.63) is 128 Å². The van der Waals surface area contributed by atoms with Gasteiger partial charge in [-0.15, -0.1) is 5.11 Å².